The standard InChI is InChI=1S/C10H9BrClFO/c1-6(12)10(14)9-4-8(13)3-2-7(9)5-11/h2-4,6H,5H2,1H3. The van der Waals surface area contributed by atoms with Gasteiger partial charge in [-0.3, -0.25) is 4.79 Å². The Kier molecular flexibility index (Phi) is 4.08. The van der Waals surface area contributed by atoms with E-state index in [1.807, 2.05) is 0 Å². The number of carbonyl (C=O) groups is 1. The van der Waals surface area contributed by atoms with Gasteiger partial charge in [0.05, 0.1) is 5.38 Å². The van der Waals surface area contributed by atoms with Gasteiger partial charge in [-0.25, -0.2) is 4.39 Å². The molecule has 0 aliphatic carbocycles. The van der Waals surface area contributed by atoms with Gasteiger partial charge in [0, 0.05) is 10.9 Å². The molecule has 1 rings (SSSR count). The molecular weight excluding hydrogens is 270 g/mol. The number of Topliss-reactive ketones (excluding diaryl/α,β-unsaturated/α-hetero) is 1. The average molecular weight is 280 g/mol. The van der Waals surface area contributed by atoms with Gasteiger partial charge >= 0.3 is 0 Å². The smallest absolute Gasteiger partial charge is 0.180 e. The summed E-state index contributed by atoms with van der Waals surface area (Å²) in [5.74, 6) is -0.670. The molecule has 0 fully saturated rings. The number of carbonyl (C=O) groups excluding carboxylic acids is 1. The monoisotopic (exact) mass is 278 g/mol. The fraction of sp³-hybridized carbons (Fsp3) is 0.300. The summed E-state index contributed by atoms with van der Waals surface area (Å²) in [6.07, 6.45) is 0. The van der Waals surface area contributed by atoms with Crippen molar-refractivity contribution < 1.29 is 9.18 Å². The van der Waals surface area contributed by atoms with E-state index in [2.05, 4.69) is 15.9 Å². The van der Waals surface area contributed by atoms with Crippen LogP contribution in [0.3, 0.4) is 0 Å². The Labute approximate surface area is 95.4 Å². The van der Waals surface area contributed by atoms with Gasteiger partial charge in [-0.1, -0.05) is 22.0 Å². The molecule has 0 saturated carbocycles. The second-order valence-corrected chi connectivity index (χ2v) is 4.13. The summed E-state index contributed by atoms with van der Waals surface area (Å²) in [4.78, 5) is 11.6. The molecule has 4 heteroatoms. The van der Waals surface area contributed by atoms with Crippen molar-refractivity contribution in [1.29, 1.82) is 0 Å². The highest BCUT2D eigenvalue weighted by Crippen LogP contribution is 2.18. The van der Waals surface area contributed by atoms with Crippen LogP contribution in [0.2, 0.25) is 0 Å². The predicted octanol–water partition coefficient (Wildman–Crippen LogP) is 3.53. The third kappa shape index (κ3) is 2.55. The molecule has 0 aliphatic heterocycles. The van der Waals surface area contributed by atoms with Crippen molar-refractivity contribution in [3.63, 3.8) is 0 Å². The first-order chi connectivity index (χ1) is 6.56. The molecule has 1 unspecified atom stereocenters. The second kappa shape index (κ2) is 4.89. The highest BCUT2D eigenvalue weighted by atomic mass is 79.9. The average Bonchev–Trinajstić information content (AvgIpc) is 2.16. The molecule has 0 bridgehead atoms. The van der Waals surface area contributed by atoms with Gasteiger partial charge in [0.25, 0.3) is 0 Å². The largest absolute Gasteiger partial charge is 0.293 e. The van der Waals surface area contributed by atoms with Crippen molar-refractivity contribution in [1.82, 2.24) is 0 Å². The lowest BCUT2D eigenvalue weighted by molar-refractivity contribution is 0.0990. The van der Waals surface area contributed by atoms with Crippen molar-refractivity contribution in [2.75, 3.05) is 0 Å². The summed E-state index contributed by atoms with van der Waals surface area (Å²) in [7, 11) is 0. The van der Waals surface area contributed by atoms with E-state index in [4.69, 9.17) is 11.6 Å². The first-order valence-electron chi connectivity index (χ1n) is 4.09. The van der Waals surface area contributed by atoms with Crippen LogP contribution >= 0.6 is 27.5 Å². The van der Waals surface area contributed by atoms with E-state index >= 15 is 0 Å². The summed E-state index contributed by atoms with van der Waals surface area (Å²) >= 11 is 8.89. The molecule has 1 aromatic rings. The fourth-order valence-electron chi connectivity index (χ4n) is 1.11. The van der Waals surface area contributed by atoms with E-state index in [1.165, 1.54) is 12.1 Å². The van der Waals surface area contributed by atoms with Crippen LogP contribution in [0.15, 0.2) is 18.2 Å². The van der Waals surface area contributed by atoms with Crippen LogP contribution in [0.1, 0.15) is 22.8 Å². The van der Waals surface area contributed by atoms with Crippen molar-refractivity contribution in [3.8, 4) is 0 Å². The van der Waals surface area contributed by atoms with Crippen LogP contribution in [-0.4, -0.2) is 11.2 Å². The molecule has 1 aromatic carbocycles. The molecule has 0 amide bonds. The van der Waals surface area contributed by atoms with Crippen molar-refractivity contribution >= 4 is 33.3 Å². The number of rotatable bonds is 3. The third-order valence-electron chi connectivity index (χ3n) is 1.84. The summed E-state index contributed by atoms with van der Waals surface area (Å²) in [6.45, 7) is 1.58. The minimum atomic E-state index is -0.630. The zero-order valence-corrected chi connectivity index (χ0v) is 9.90. The summed E-state index contributed by atoms with van der Waals surface area (Å²) < 4.78 is 12.9. The van der Waals surface area contributed by atoms with E-state index in [-0.39, 0.29) is 5.78 Å². The molecule has 0 saturated heterocycles. The van der Waals surface area contributed by atoms with Crippen LogP contribution < -0.4 is 0 Å². The van der Waals surface area contributed by atoms with Gasteiger partial charge in [0.15, 0.2) is 5.78 Å². The molecule has 0 heterocycles. The lowest BCUT2D eigenvalue weighted by atomic mass is 10.0. The number of benzene rings is 1. The quantitative estimate of drug-likeness (QED) is 0.611. The van der Waals surface area contributed by atoms with Crippen molar-refractivity contribution in [3.05, 3.63) is 35.1 Å². The molecule has 0 radical (unpaired) electrons. The molecule has 1 nitrogen and oxygen atoms in total. The molecule has 14 heavy (non-hydrogen) atoms. The number of halogens is 3. The van der Waals surface area contributed by atoms with E-state index in [1.54, 1.807) is 13.0 Å². The molecular formula is C10H9BrClFO. The molecule has 0 aromatic heterocycles. The second-order valence-electron chi connectivity index (χ2n) is 2.92. The maximum absolute atomic E-state index is 12.9. The van der Waals surface area contributed by atoms with E-state index in [0.717, 1.165) is 5.56 Å². The van der Waals surface area contributed by atoms with Crippen LogP contribution in [0.4, 0.5) is 4.39 Å². The summed E-state index contributed by atoms with van der Waals surface area (Å²) in [5.41, 5.74) is 1.10. The van der Waals surface area contributed by atoms with Crippen LogP contribution in [-0.2, 0) is 5.33 Å². The molecule has 76 valence electrons. The van der Waals surface area contributed by atoms with E-state index < -0.39 is 11.2 Å². The topological polar surface area (TPSA) is 17.1 Å². The Balaban J connectivity index is 3.17. The van der Waals surface area contributed by atoms with Gasteiger partial charge in [-0.05, 0) is 24.6 Å². The molecule has 0 N–H and O–H groups in total. The Hall–Kier alpha value is -0.410. The Bertz CT molecular complexity index is 352. The number of hydrogen-bond donors (Lipinski definition) is 0. The molecule has 1 atom stereocenters. The van der Waals surface area contributed by atoms with E-state index in [0.29, 0.717) is 10.9 Å². The lowest BCUT2D eigenvalue weighted by Gasteiger charge is -2.07. The van der Waals surface area contributed by atoms with Gasteiger partial charge in [-0.15, -0.1) is 11.6 Å². The van der Waals surface area contributed by atoms with Crippen LogP contribution in [0, 0.1) is 5.82 Å². The third-order valence-corrected chi connectivity index (χ3v) is 2.64. The number of hydrogen-bond acceptors (Lipinski definition) is 1. The highest BCUT2D eigenvalue weighted by Gasteiger charge is 2.16. The zero-order chi connectivity index (χ0) is 10.7. The molecule has 0 aliphatic rings. The summed E-state index contributed by atoms with van der Waals surface area (Å²) in [6, 6.07) is 4.13. The van der Waals surface area contributed by atoms with Gasteiger partial charge in [-0.2, -0.15) is 0 Å². The SMILES string of the molecule is CC(Cl)C(=O)c1cc(F)ccc1CBr. The van der Waals surface area contributed by atoms with Crippen LogP contribution in [0.5, 0.6) is 0 Å². The lowest BCUT2D eigenvalue weighted by Crippen LogP contribution is -2.13. The van der Waals surface area contributed by atoms with Crippen LogP contribution in [0.25, 0.3) is 0 Å². The predicted molar refractivity (Wildman–Crippen MR) is 58.7 cm³/mol. The Morgan fingerprint density at radius 1 is 1.64 bits per heavy atom. The van der Waals surface area contributed by atoms with Crippen molar-refractivity contribution in [2.24, 2.45) is 0 Å². The van der Waals surface area contributed by atoms with E-state index in [9.17, 15) is 9.18 Å². The molecule has 0 spiro atoms. The van der Waals surface area contributed by atoms with Gasteiger partial charge in [0.2, 0.25) is 0 Å². The van der Waals surface area contributed by atoms with Gasteiger partial charge in [0.1, 0.15) is 5.82 Å². The number of ketones is 1. The first kappa shape index (κ1) is 11.7. The Morgan fingerprint density at radius 2 is 2.29 bits per heavy atom. The maximum atomic E-state index is 12.9. The van der Waals surface area contributed by atoms with Gasteiger partial charge < -0.3 is 0 Å². The first-order valence-corrected chi connectivity index (χ1v) is 5.64. The Morgan fingerprint density at radius 3 is 2.79 bits per heavy atom. The number of alkyl halides is 2. The normalized spacial score (nSPS) is 12.6. The fourth-order valence-corrected chi connectivity index (χ4v) is 1.72. The highest BCUT2D eigenvalue weighted by molar-refractivity contribution is 9.08. The summed E-state index contributed by atoms with van der Waals surface area (Å²) in [5, 5.41) is -0.118. The minimum absolute atomic E-state index is 0.249. The maximum Gasteiger partial charge on any atom is 0.180 e. The van der Waals surface area contributed by atoms with Crippen molar-refractivity contribution in [2.45, 2.75) is 17.6 Å². The zero-order valence-electron chi connectivity index (χ0n) is 7.56. The minimum Gasteiger partial charge on any atom is -0.293 e.